The molecule has 1 aliphatic heterocycles. The number of nitrogens with one attached hydrogen (secondary N) is 1. The number of methoxy groups -OCH3 is 1. The van der Waals surface area contributed by atoms with Crippen molar-refractivity contribution in [3.63, 3.8) is 0 Å². The van der Waals surface area contributed by atoms with Crippen LogP contribution in [0.4, 0.5) is 5.95 Å². The molecular formula is C28H24ClN3O5. The Morgan fingerprint density at radius 1 is 1.08 bits per heavy atom. The molecule has 0 bridgehead atoms. The number of Topliss-reactive ketones (excluding diaryl/α,β-unsaturated/α-hetero) is 1. The van der Waals surface area contributed by atoms with Crippen molar-refractivity contribution in [3.8, 4) is 11.5 Å². The topological polar surface area (TPSA) is 105 Å². The number of amides is 1. The molecule has 1 aliphatic rings. The van der Waals surface area contributed by atoms with Gasteiger partial charge in [-0.1, -0.05) is 35.9 Å². The van der Waals surface area contributed by atoms with Gasteiger partial charge in [-0.05, 0) is 61.9 Å². The zero-order chi connectivity index (χ0) is 26.3. The van der Waals surface area contributed by atoms with Crippen LogP contribution in [0.2, 0.25) is 5.02 Å². The first-order chi connectivity index (χ1) is 17.8. The number of ether oxygens (including phenoxy) is 2. The van der Waals surface area contributed by atoms with Gasteiger partial charge in [0.05, 0.1) is 40.9 Å². The second kappa shape index (κ2) is 9.63. The minimum Gasteiger partial charge on any atom is -0.507 e. The summed E-state index contributed by atoms with van der Waals surface area (Å²) in [5, 5.41) is 11.7. The number of benzene rings is 3. The van der Waals surface area contributed by atoms with Crippen LogP contribution in [0.3, 0.4) is 0 Å². The average molecular weight is 518 g/mol. The zero-order valence-corrected chi connectivity index (χ0v) is 21.1. The molecule has 8 nitrogen and oxygen atoms in total. The van der Waals surface area contributed by atoms with E-state index in [-0.39, 0.29) is 28.9 Å². The van der Waals surface area contributed by atoms with Gasteiger partial charge in [0.25, 0.3) is 5.78 Å². The highest BCUT2D eigenvalue weighted by molar-refractivity contribution is 6.51. The third-order valence-corrected chi connectivity index (χ3v) is 6.35. The lowest BCUT2D eigenvalue weighted by atomic mass is 9.95. The molecule has 37 heavy (non-hydrogen) atoms. The van der Waals surface area contributed by atoms with Crippen LogP contribution in [0.25, 0.3) is 16.8 Å². The van der Waals surface area contributed by atoms with E-state index in [1.807, 2.05) is 32.0 Å². The molecule has 1 aromatic heterocycles. The fourth-order valence-corrected chi connectivity index (χ4v) is 4.58. The molecule has 3 aromatic carbocycles. The Morgan fingerprint density at radius 3 is 2.49 bits per heavy atom. The predicted octanol–water partition coefficient (Wildman–Crippen LogP) is 5.64. The second-order valence-corrected chi connectivity index (χ2v) is 9.24. The first-order valence-electron chi connectivity index (χ1n) is 11.6. The number of nitrogens with zero attached hydrogens (tertiary/aromatic N) is 2. The summed E-state index contributed by atoms with van der Waals surface area (Å²) in [5.74, 6) is -0.831. The van der Waals surface area contributed by atoms with Gasteiger partial charge in [0.2, 0.25) is 5.95 Å². The van der Waals surface area contributed by atoms with Crippen molar-refractivity contribution in [2.75, 3.05) is 12.0 Å². The first-order valence-corrected chi connectivity index (χ1v) is 12.0. The van der Waals surface area contributed by atoms with Gasteiger partial charge in [-0.15, -0.1) is 0 Å². The maximum absolute atomic E-state index is 13.4. The van der Waals surface area contributed by atoms with Gasteiger partial charge in [-0.3, -0.25) is 14.5 Å². The number of aliphatic hydroxyl groups is 1. The Kier molecular flexibility index (Phi) is 6.35. The number of anilines is 1. The van der Waals surface area contributed by atoms with Gasteiger partial charge in [0.1, 0.15) is 17.3 Å². The number of hydrogen-bond acceptors (Lipinski definition) is 6. The van der Waals surface area contributed by atoms with Crippen LogP contribution < -0.4 is 14.4 Å². The number of rotatable bonds is 6. The van der Waals surface area contributed by atoms with Gasteiger partial charge in [-0.2, -0.15) is 0 Å². The van der Waals surface area contributed by atoms with E-state index in [4.69, 9.17) is 21.1 Å². The van der Waals surface area contributed by atoms with Gasteiger partial charge in [0, 0.05) is 5.56 Å². The normalized spacial score (nSPS) is 17.1. The number of para-hydroxylation sites is 2. The van der Waals surface area contributed by atoms with Crippen LogP contribution in [-0.2, 0) is 9.59 Å². The summed E-state index contributed by atoms with van der Waals surface area (Å²) in [4.78, 5) is 35.8. The molecule has 188 valence electrons. The number of hydrogen-bond donors (Lipinski definition) is 2. The third-order valence-electron chi connectivity index (χ3n) is 6.04. The number of halogens is 1. The van der Waals surface area contributed by atoms with Gasteiger partial charge >= 0.3 is 5.91 Å². The standard InChI is InChI=1S/C28H24ClN3O5/c1-15(2)37-18-11-8-16(9-12-18)24-23(25(33)17-10-13-19(29)22(14-17)36-3)26(34)27(35)32(24)28-30-20-6-4-5-7-21(20)31-28/h4-15,24,33H,1-3H3,(H,30,31)/b25-23+. The summed E-state index contributed by atoms with van der Waals surface area (Å²) in [6.07, 6.45) is -0.0214. The van der Waals surface area contributed by atoms with Gasteiger partial charge in [0.15, 0.2) is 0 Å². The molecule has 1 amide bonds. The monoisotopic (exact) mass is 517 g/mol. The first kappa shape index (κ1) is 24.4. The van der Waals surface area contributed by atoms with Crippen LogP contribution in [0.1, 0.15) is 31.0 Å². The van der Waals surface area contributed by atoms with Crippen molar-refractivity contribution in [1.29, 1.82) is 0 Å². The van der Waals surface area contributed by atoms with E-state index in [0.29, 0.717) is 33.1 Å². The van der Waals surface area contributed by atoms with Crippen molar-refractivity contribution in [3.05, 3.63) is 88.5 Å². The second-order valence-electron chi connectivity index (χ2n) is 8.83. The van der Waals surface area contributed by atoms with E-state index in [9.17, 15) is 14.7 Å². The van der Waals surface area contributed by atoms with Crippen LogP contribution in [0.15, 0.2) is 72.3 Å². The Labute approximate surface area is 218 Å². The number of aromatic amines is 1. The molecule has 2 heterocycles. The smallest absolute Gasteiger partial charge is 0.302 e. The molecule has 9 heteroatoms. The molecule has 0 aliphatic carbocycles. The molecule has 0 spiro atoms. The molecule has 1 unspecified atom stereocenters. The summed E-state index contributed by atoms with van der Waals surface area (Å²) in [6, 6.07) is 18.0. The van der Waals surface area contributed by atoms with E-state index in [1.165, 1.54) is 18.1 Å². The molecule has 2 N–H and O–H groups in total. The summed E-state index contributed by atoms with van der Waals surface area (Å²) >= 11 is 6.15. The van der Waals surface area contributed by atoms with Crippen LogP contribution in [-0.4, -0.2) is 40.0 Å². The highest BCUT2D eigenvalue weighted by atomic mass is 35.5. The number of carbonyl (C=O) groups excluding carboxylic acids is 2. The van der Waals surface area contributed by atoms with E-state index in [1.54, 1.807) is 42.5 Å². The number of ketones is 1. The lowest BCUT2D eigenvalue weighted by Crippen LogP contribution is -2.30. The number of H-pyrrole nitrogens is 1. The van der Waals surface area contributed by atoms with E-state index in [2.05, 4.69) is 9.97 Å². The number of aromatic nitrogens is 2. The Morgan fingerprint density at radius 2 is 1.81 bits per heavy atom. The third kappa shape index (κ3) is 4.40. The summed E-state index contributed by atoms with van der Waals surface area (Å²) in [6.45, 7) is 3.84. The lowest BCUT2D eigenvalue weighted by molar-refractivity contribution is -0.132. The van der Waals surface area contributed by atoms with Crippen LogP contribution >= 0.6 is 11.6 Å². The minimum absolute atomic E-state index is 0.0214. The summed E-state index contributed by atoms with van der Waals surface area (Å²) in [7, 11) is 1.45. The van der Waals surface area contributed by atoms with E-state index in [0.717, 1.165) is 0 Å². The van der Waals surface area contributed by atoms with Crippen LogP contribution in [0.5, 0.6) is 11.5 Å². The van der Waals surface area contributed by atoms with Crippen molar-refractivity contribution in [2.24, 2.45) is 0 Å². The van der Waals surface area contributed by atoms with Crippen molar-refractivity contribution < 1.29 is 24.2 Å². The predicted molar refractivity (Wildman–Crippen MR) is 141 cm³/mol. The minimum atomic E-state index is -0.949. The number of imidazole rings is 1. The van der Waals surface area contributed by atoms with Gasteiger partial charge < -0.3 is 19.6 Å². The fraction of sp³-hybridized carbons (Fsp3) is 0.179. The van der Waals surface area contributed by atoms with Gasteiger partial charge in [-0.25, -0.2) is 4.98 Å². The highest BCUT2D eigenvalue weighted by Gasteiger charge is 2.48. The Hall–Kier alpha value is -4.30. The summed E-state index contributed by atoms with van der Waals surface area (Å²) < 4.78 is 11.0. The molecule has 5 rings (SSSR count). The summed E-state index contributed by atoms with van der Waals surface area (Å²) in [5.41, 5.74) is 2.15. The molecular weight excluding hydrogens is 494 g/mol. The molecule has 4 aromatic rings. The van der Waals surface area contributed by atoms with E-state index >= 15 is 0 Å². The highest BCUT2D eigenvalue weighted by Crippen LogP contribution is 2.42. The Bertz CT molecular complexity index is 1510. The van der Waals surface area contributed by atoms with Crippen molar-refractivity contribution in [1.82, 2.24) is 9.97 Å². The fourth-order valence-electron chi connectivity index (χ4n) is 4.38. The molecule has 0 saturated carbocycles. The van der Waals surface area contributed by atoms with Crippen molar-refractivity contribution in [2.45, 2.75) is 26.0 Å². The maximum Gasteiger partial charge on any atom is 0.302 e. The molecule has 1 fully saturated rings. The number of aliphatic hydroxyl groups excluding tert-OH is 1. The van der Waals surface area contributed by atoms with Crippen molar-refractivity contribution >= 4 is 46.0 Å². The SMILES string of the molecule is COc1cc(/C(O)=C2\C(=O)C(=O)N(c3nc4ccccc4[nH]3)C2c2ccc(OC(C)C)cc2)ccc1Cl. The average Bonchev–Trinajstić information content (AvgIpc) is 3.42. The quantitative estimate of drug-likeness (QED) is 0.195. The maximum atomic E-state index is 13.4. The molecule has 1 atom stereocenters. The largest absolute Gasteiger partial charge is 0.507 e. The molecule has 0 radical (unpaired) electrons. The number of fused-ring (bicyclic) bond motifs is 1. The lowest BCUT2D eigenvalue weighted by Gasteiger charge is -2.23. The zero-order valence-electron chi connectivity index (χ0n) is 20.4. The van der Waals surface area contributed by atoms with E-state index < -0.39 is 17.7 Å². The molecule has 1 saturated heterocycles. The van der Waals surface area contributed by atoms with Crippen LogP contribution in [0, 0.1) is 0 Å². The number of carbonyl (C=O) groups is 2. The Balaban J connectivity index is 1.69.